The number of aromatic nitrogens is 1. The fourth-order valence-electron chi connectivity index (χ4n) is 3.78. The summed E-state index contributed by atoms with van der Waals surface area (Å²) in [7, 11) is 0. The molecule has 0 aliphatic carbocycles. The molecule has 5 nitrogen and oxygen atoms in total. The van der Waals surface area contributed by atoms with Gasteiger partial charge in [0, 0.05) is 49.8 Å². The van der Waals surface area contributed by atoms with Gasteiger partial charge in [0.15, 0.2) is 0 Å². The molecular weight excluding hydrogens is 324 g/mol. The Kier molecular flexibility index (Phi) is 7.06. The third kappa shape index (κ3) is 5.07. The number of carbonyl (C=O) groups is 1. The summed E-state index contributed by atoms with van der Waals surface area (Å²) in [5.41, 5.74) is 2.08. The van der Waals surface area contributed by atoms with Gasteiger partial charge in [-0.1, -0.05) is 38.7 Å². The van der Waals surface area contributed by atoms with E-state index in [4.69, 9.17) is 0 Å². The Morgan fingerprint density at radius 3 is 2.73 bits per heavy atom. The lowest BCUT2D eigenvalue weighted by Gasteiger charge is -2.36. The van der Waals surface area contributed by atoms with Gasteiger partial charge in [-0.05, 0) is 31.5 Å². The van der Waals surface area contributed by atoms with Gasteiger partial charge in [-0.3, -0.25) is 14.7 Å². The van der Waals surface area contributed by atoms with Crippen LogP contribution in [0.4, 0.5) is 0 Å². The fraction of sp³-hybridized carbons (Fsp3) is 0.619. The highest BCUT2D eigenvalue weighted by atomic mass is 16.2. The molecule has 2 aliphatic rings. The van der Waals surface area contributed by atoms with Crippen molar-refractivity contribution in [3.8, 4) is 0 Å². The summed E-state index contributed by atoms with van der Waals surface area (Å²) in [6.45, 7) is 7.16. The molecule has 1 N–H and O–H groups in total. The zero-order valence-corrected chi connectivity index (χ0v) is 16.0. The normalized spacial score (nSPS) is 20.7. The molecule has 1 aromatic rings. The Morgan fingerprint density at radius 2 is 2.00 bits per heavy atom. The lowest BCUT2D eigenvalue weighted by molar-refractivity contribution is -0.134. The maximum Gasteiger partial charge on any atom is 0.245 e. The second-order valence-electron chi connectivity index (χ2n) is 7.37. The minimum absolute atomic E-state index is 0.120. The molecule has 2 aliphatic heterocycles. The van der Waals surface area contributed by atoms with E-state index in [1.807, 2.05) is 23.2 Å². The topological polar surface area (TPSA) is 48.5 Å². The van der Waals surface area contributed by atoms with Gasteiger partial charge in [0.2, 0.25) is 5.91 Å². The summed E-state index contributed by atoms with van der Waals surface area (Å²) >= 11 is 0. The van der Waals surface area contributed by atoms with E-state index in [1.54, 1.807) is 6.20 Å². The van der Waals surface area contributed by atoms with Crippen molar-refractivity contribution in [1.82, 2.24) is 20.1 Å². The van der Waals surface area contributed by atoms with Gasteiger partial charge in [0.25, 0.3) is 0 Å². The second kappa shape index (κ2) is 9.72. The Labute approximate surface area is 157 Å². The van der Waals surface area contributed by atoms with Gasteiger partial charge in [-0.15, -0.1) is 0 Å². The number of carbonyl (C=O) groups excluding carboxylic acids is 1. The summed E-state index contributed by atoms with van der Waals surface area (Å²) in [6.07, 6.45) is 13.1. The van der Waals surface area contributed by atoms with Gasteiger partial charge in [-0.2, -0.15) is 0 Å². The minimum Gasteiger partial charge on any atom is -0.373 e. The number of rotatable bonds is 8. The van der Waals surface area contributed by atoms with Gasteiger partial charge in [0.1, 0.15) is 6.04 Å². The van der Waals surface area contributed by atoms with E-state index in [0.717, 1.165) is 43.9 Å². The molecule has 1 aromatic heterocycles. The highest BCUT2D eigenvalue weighted by molar-refractivity contribution is 5.86. The second-order valence-corrected chi connectivity index (χ2v) is 7.37. The minimum atomic E-state index is -0.120. The van der Waals surface area contributed by atoms with E-state index in [2.05, 4.69) is 28.2 Å². The molecule has 3 heterocycles. The van der Waals surface area contributed by atoms with Gasteiger partial charge in [-0.25, -0.2) is 0 Å². The number of nitrogens with one attached hydrogen (secondary N) is 1. The lowest BCUT2D eigenvalue weighted by Crippen LogP contribution is -2.53. The number of hydrogen-bond donors (Lipinski definition) is 1. The first kappa shape index (κ1) is 18.9. The van der Waals surface area contributed by atoms with Crippen molar-refractivity contribution in [2.75, 3.05) is 32.7 Å². The van der Waals surface area contributed by atoms with Gasteiger partial charge >= 0.3 is 0 Å². The number of amides is 1. The van der Waals surface area contributed by atoms with E-state index in [9.17, 15) is 4.79 Å². The van der Waals surface area contributed by atoms with Crippen LogP contribution in [0.25, 0.3) is 5.70 Å². The predicted octanol–water partition coefficient (Wildman–Crippen LogP) is 2.90. The van der Waals surface area contributed by atoms with E-state index in [0.29, 0.717) is 0 Å². The van der Waals surface area contributed by atoms with Gasteiger partial charge < -0.3 is 10.2 Å². The fourth-order valence-corrected chi connectivity index (χ4v) is 3.78. The SMILES string of the molecule is CCCCCCCN1CCN(C(=O)C2CC=C(c3cccnc3)N2)CC1. The molecule has 3 rings (SSSR count). The average molecular weight is 357 g/mol. The summed E-state index contributed by atoms with van der Waals surface area (Å²) in [4.78, 5) is 21.5. The molecule has 0 radical (unpaired) electrons. The Hall–Kier alpha value is -1.88. The first-order valence-corrected chi connectivity index (χ1v) is 10.2. The molecule has 5 heteroatoms. The van der Waals surface area contributed by atoms with Crippen LogP contribution in [0.2, 0.25) is 0 Å². The van der Waals surface area contributed by atoms with Crippen molar-refractivity contribution in [3.05, 3.63) is 36.2 Å². The zero-order valence-electron chi connectivity index (χ0n) is 16.0. The molecule has 0 spiro atoms. The van der Waals surface area contributed by atoms with Crippen molar-refractivity contribution in [1.29, 1.82) is 0 Å². The molecule has 0 bridgehead atoms. The summed E-state index contributed by atoms with van der Waals surface area (Å²) < 4.78 is 0. The molecule has 1 fully saturated rings. The maximum atomic E-state index is 12.8. The summed E-state index contributed by atoms with van der Waals surface area (Å²) in [5.74, 6) is 0.239. The zero-order chi connectivity index (χ0) is 18.2. The van der Waals surface area contributed by atoms with Gasteiger partial charge in [0.05, 0.1) is 0 Å². The van der Waals surface area contributed by atoms with Crippen LogP contribution in [-0.4, -0.2) is 59.5 Å². The van der Waals surface area contributed by atoms with E-state index < -0.39 is 0 Å². The van der Waals surface area contributed by atoms with Crippen LogP contribution in [0, 0.1) is 0 Å². The predicted molar refractivity (Wildman–Crippen MR) is 106 cm³/mol. The van der Waals surface area contributed by atoms with Crippen LogP contribution in [0.3, 0.4) is 0 Å². The van der Waals surface area contributed by atoms with Crippen LogP contribution in [0.1, 0.15) is 51.0 Å². The highest BCUT2D eigenvalue weighted by Gasteiger charge is 2.29. The number of unbranched alkanes of at least 4 members (excludes halogenated alkanes) is 4. The third-order valence-corrected chi connectivity index (χ3v) is 5.42. The van der Waals surface area contributed by atoms with Crippen LogP contribution < -0.4 is 5.32 Å². The van der Waals surface area contributed by atoms with Crippen LogP contribution in [-0.2, 0) is 4.79 Å². The van der Waals surface area contributed by atoms with E-state index in [-0.39, 0.29) is 11.9 Å². The van der Waals surface area contributed by atoms with Crippen LogP contribution >= 0.6 is 0 Å². The first-order valence-electron chi connectivity index (χ1n) is 10.2. The quantitative estimate of drug-likeness (QED) is 0.728. The van der Waals surface area contributed by atoms with Crippen molar-refractivity contribution in [2.45, 2.75) is 51.5 Å². The molecule has 26 heavy (non-hydrogen) atoms. The monoisotopic (exact) mass is 356 g/mol. The molecule has 142 valence electrons. The molecular formula is C21H32N4O. The molecule has 0 aromatic carbocycles. The number of pyridine rings is 1. The van der Waals surface area contributed by atoms with Crippen molar-refractivity contribution < 1.29 is 4.79 Å². The Bertz CT molecular complexity index is 593. The Balaban J connectivity index is 1.38. The van der Waals surface area contributed by atoms with Crippen molar-refractivity contribution >= 4 is 11.6 Å². The summed E-state index contributed by atoms with van der Waals surface area (Å²) in [5, 5.41) is 3.39. The molecule has 0 saturated carbocycles. The highest BCUT2D eigenvalue weighted by Crippen LogP contribution is 2.20. The molecule has 1 saturated heterocycles. The van der Waals surface area contributed by atoms with Crippen molar-refractivity contribution in [2.24, 2.45) is 0 Å². The van der Waals surface area contributed by atoms with Crippen molar-refractivity contribution in [3.63, 3.8) is 0 Å². The first-order chi connectivity index (χ1) is 12.8. The Morgan fingerprint density at radius 1 is 1.19 bits per heavy atom. The number of piperazine rings is 1. The maximum absolute atomic E-state index is 12.8. The molecule has 1 amide bonds. The molecule has 1 unspecified atom stereocenters. The van der Waals surface area contributed by atoms with Crippen LogP contribution in [0.15, 0.2) is 30.6 Å². The van der Waals surface area contributed by atoms with Crippen LogP contribution in [0.5, 0.6) is 0 Å². The molecule has 1 atom stereocenters. The largest absolute Gasteiger partial charge is 0.373 e. The third-order valence-electron chi connectivity index (χ3n) is 5.42. The number of hydrogen-bond acceptors (Lipinski definition) is 4. The standard InChI is InChI=1S/C21H32N4O/c1-2-3-4-5-6-12-24-13-15-25(16-14-24)21(26)20-10-9-19(23-20)18-8-7-11-22-17-18/h7-9,11,17,20,23H,2-6,10,12-16H2,1H3. The lowest BCUT2D eigenvalue weighted by atomic mass is 10.1. The summed E-state index contributed by atoms with van der Waals surface area (Å²) in [6, 6.07) is 3.83. The average Bonchev–Trinajstić information content (AvgIpc) is 3.19. The van der Waals surface area contributed by atoms with E-state index >= 15 is 0 Å². The number of nitrogens with zero attached hydrogens (tertiary/aromatic N) is 3. The van der Waals surface area contributed by atoms with E-state index in [1.165, 1.54) is 38.6 Å². The smallest absolute Gasteiger partial charge is 0.245 e.